The molecule has 0 aliphatic carbocycles. The molecule has 7 nitrogen and oxygen atoms in total. The Balaban J connectivity index is 1.66. The van der Waals surface area contributed by atoms with Gasteiger partial charge in [0, 0.05) is 12.6 Å². The minimum Gasteiger partial charge on any atom is -0.465 e. The Labute approximate surface area is 146 Å². The fourth-order valence-corrected chi connectivity index (χ4v) is 2.59. The van der Waals surface area contributed by atoms with Gasteiger partial charge in [0.2, 0.25) is 0 Å². The molecule has 0 fully saturated rings. The van der Waals surface area contributed by atoms with E-state index in [1.165, 1.54) is 0 Å². The molecule has 1 atom stereocenters. The molecular formula is C18H22N4O3. The molecule has 3 aromatic heterocycles. The van der Waals surface area contributed by atoms with E-state index in [4.69, 9.17) is 8.83 Å². The van der Waals surface area contributed by atoms with Crippen LogP contribution in [0.25, 0.3) is 11.5 Å². The van der Waals surface area contributed by atoms with Gasteiger partial charge in [0.1, 0.15) is 23.0 Å². The molecule has 3 heterocycles. The fourth-order valence-electron chi connectivity index (χ4n) is 2.59. The summed E-state index contributed by atoms with van der Waals surface area (Å²) in [6, 6.07) is 9.17. The normalized spacial score (nSPS) is 12.5. The maximum absolute atomic E-state index is 12.4. The highest BCUT2D eigenvalue weighted by atomic mass is 16.3. The Bertz CT molecular complexity index is 859. The molecule has 0 bridgehead atoms. The first-order chi connectivity index (χ1) is 11.9. The summed E-state index contributed by atoms with van der Waals surface area (Å²) in [5, 5.41) is 9.80. The first-order valence-electron chi connectivity index (χ1n) is 8.07. The maximum Gasteiger partial charge on any atom is 0.271 e. The van der Waals surface area contributed by atoms with Crippen molar-refractivity contribution in [3.8, 4) is 11.5 Å². The maximum atomic E-state index is 12.4. The lowest BCUT2D eigenvalue weighted by molar-refractivity contribution is 0.0934. The van der Waals surface area contributed by atoms with Gasteiger partial charge in [-0.05, 0) is 52.2 Å². The molecule has 3 aromatic rings. The lowest BCUT2D eigenvalue weighted by atomic mass is 10.2. The van der Waals surface area contributed by atoms with Crippen molar-refractivity contribution in [1.29, 1.82) is 0 Å². The lowest BCUT2D eigenvalue weighted by Crippen LogP contribution is -2.34. The van der Waals surface area contributed by atoms with Crippen LogP contribution in [-0.2, 0) is 0 Å². The SMILES string of the molecule is Cc1ccc(-c2cc(C(=O)NC[C@@H](c3ccc(C)o3)N(C)C)n[nH]2)o1. The molecule has 1 amide bonds. The average molecular weight is 342 g/mol. The van der Waals surface area contributed by atoms with Crippen LogP contribution in [-0.4, -0.2) is 41.6 Å². The number of aryl methyl sites for hydroxylation is 2. The number of likely N-dealkylation sites (N-methyl/N-ethyl adjacent to an activating group) is 1. The zero-order valence-corrected chi connectivity index (χ0v) is 14.8. The number of H-pyrrole nitrogens is 1. The van der Waals surface area contributed by atoms with Crippen molar-refractivity contribution in [1.82, 2.24) is 20.4 Å². The molecule has 0 spiro atoms. The van der Waals surface area contributed by atoms with Crippen molar-refractivity contribution in [3.05, 3.63) is 53.3 Å². The minimum atomic E-state index is -0.249. The molecule has 0 aliphatic rings. The smallest absolute Gasteiger partial charge is 0.271 e. The van der Waals surface area contributed by atoms with Crippen molar-refractivity contribution in [3.63, 3.8) is 0 Å². The van der Waals surface area contributed by atoms with Gasteiger partial charge in [-0.2, -0.15) is 5.10 Å². The van der Waals surface area contributed by atoms with Crippen LogP contribution in [0.1, 0.15) is 33.8 Å². The van der Waals surface area contributed by atoms with E-state index in [9.17, 15) is 4.79 Å². The van der Waals surface area contributed by atoms with Crippen molar-refractivity contribution in [2.45, 2.75) is 19.9 Å². The van der Waals surface area contributed by atoms with E-state index in [-0.39, 0.29) is 11.9 Å². The summed E-state index contributed by atoms with van der Waals surface area (Å²) in [6.07, 6.45) is 0. The summed E-state index contributed by atoms with van der Waals surface area (Å²) in [4.78, 5) is 14.4. The molecule has 0 saturated heterocycles. The highest BCUT2D eigenvalue weighted by molar-refractivity contribution is 5.93. The number of carbonyl (C=O) groups excluding carboxylic acids is 1. The zero-order chi connectivity index (χ0) is 18.0. The summed E-state index contributed by atoms with van der Waals surface area (Å²) in [7, 11) is 3.89. The Kier molecular flexibility index (Phi) is 4.76. The van der Waals surface area contributed by atoms with Gasteiger partial charge in [0.25, 0.3) is 5.91 Å². The van der Waals surface area contributed by atoms with Crippen LogP contribution in [0.15, 0.2) is 39.2 Å². The zero-order valence-electron chi connectivity index (χ0n) is 14.8. The van der Waals surface area contributed by atoms with E-state index in [1.807, 2.05) is 57.1 Å². The van der Waals surface area contributed by atoms with Gasteiger partial charge in [0.05, 0.1) is 6.04 Å². The quantitative estimate of drug-likeness (QED) is 0.719. The number of amides is 1. The second-order valence-electron chi connectivity index (χ2n) is 6.22. The Morgan fingerprint density at radius 1 is 1.20 bits per heavy atom. The third kappa shape index (κ3) is 3.83. The molecule has 0 aromatic carbocycles. The number of furan rings is 2. The fraction of sp³-hybridized carbons (Fsp3) is 0.333. The first-order valence-corrected chi connectivity index (χ1v) is 8.07. The van der Waals surface area contributed by atoms with Crippen LogP contribution in [0, 0.1) is 13.8 Å². The van der Waals surface area contributed by atoms with Crippen molar-refractivity contribution >= 4 is 5.91 Å². The van der Waals surface area contributed by atoms with E-state index in [0.29, 0.717) is 23.7 Å². The predicted octanol–water partition coefficient (Wildman–Crippen LogP) is 2.91. The van der Waals surface area contributed by atoms with Gasteiger partial charge >= 0.3 is 0 Å². The topological polar surface area (TPSA) is 87.3 Å². The predicted molar refractivity (Wildman–Crippen MR) is 93.2 cm³/mol. The Morgan fingerprint density at radius 3 is 2.52 bits per heavy atom. The van der Waals surface area contributed by atoms with Gasteiger partial charge in [-0.25, -0.2) is 0 Å². The number of carbonyl (C=O) groups is 1. The molecule has 132 valence electrons. The minimum absolute atomic E-state index is 0.0521. The third-order valence-electron chi connectivity index (χ3n) is 3.99. The summed E-state index contributed by atoms with van der Waals surface area (Å²) in [5.74, 6) is 2.87. The monoisotopic (exact) mass is 342 g/mol. The summed E-state index contributed by atoms with van der Waals surface area (Å²) >= 11 is 0. The first kappa shape index (κ1) is 17.0. The Morgan fingerprint density at radius 2 is 1.92 bits per heavy atom. The summed E-state index contributed by atoms with van der Waals surface area (Å²) in [6.45, 7) is 4.18. The second-order valence-corrected chi connectivity index (χ2v) is 6.22. The average Bonchev–Trinajstić information content (AvgIpc) is 3.27. The number of hydrogen-bond acceptors (Lipinski definition) is 5. The number of nitrogens with one attached hydrogen (secondary N) is 2. The molecular weight excluding hydrogens is 320 g/mol. The van der Waals surface area contributed by atoms with Gasteiger partial charge in [-0.1, -0.05) is 0 Å². The van der Waals surface area contributed by atoms with Crippen LogP contribution < -0.4 is 5.32 Å². The molecule has 3 rings (SSSR count). The van der Waals surface area contributed by atoms with E-state index in [2.05, 4.69) is 15.5 Å². The molecule has 7 heteroatoms. The molecule has 25 heavy (non-hydrogen) atoms. The number of aromatic amines is 1. The van der Waals surface area contributed by atoms with Crippen molar-refractivity contribution in [2.75, 3.05) is 20.6 Å². The molecule has 0 saturated carbocycles. The standard InChI is InChI=1S/C18H22N4O3/c1-11-5-7-16(24-11)13-9-14(21-20-13)18(23)19-10-15(22(3)4)17-8-6-12(2)25-17/h5-9,15H,10H2,1-4H3,(H,19,23)(H,20,21)/t15-/m0/s1. The number of aromatic nitrogens is 2. The van der Waals surface area contributed by atoms with Crippen LogP contribution in [0.3, 0.4) is 0 Å². The van der Waals surface area contributed by atoms with E-state index >= 15 is 0 Å². The number of nitrogens with zero attached hydrogens (tertiary/aromatic N) is 2. The molecule has 0 radical (unpaired) electrons. The highest BCUT2D eigenvalue weighted by Gasteiger charge is 2.20. The van der Waals surface area contributed by atoms with Gasteiger partial charge < -0.3 is 14.2 Å². The Hall–Kier alpha value is -2.80. The summed E-state index contributed by atoms with van der Waals surface area (Å²) < 4.78 is 11.2. The summed E-state index contributed by atoms with van der Waals surface area (Å²) in [5.41, 5.74) is 0.987. The highest BCUT2D eigenvalue weighted by Crippen LogP contribution is 2.21. The van der Waals surface area contributed by atoms with Crippen LogP contribution >= 0.6 is 0 Å². The van der Waals surface area contributed by atoms with Crippen LogP contribution in [0.4, 0.5) is 0 Å². The third-order valence-corrected chi connectivity index (χ3v) is 3.99. The van der Waals surface area contributed by atoms with E-state index < -0.39 is 0 Å². The number of hydrogen-bond donors (Lipinski definition) is 2. The van der Waals surface area contributed by atoms with Crippen molar-refractivity contribution in [2.24, 2.45) is 0 Å². The molecule has 2 N–H and O–H groups in total. The van der Waals surface area contributed by atoms with E-state index in [1.54, 1.807) is 6.07 Å². The van der Waals surface area contributed by atoms with Crippen LogP contribution in [0.5, 0.6) is 0 Å². The van der Waals surface area contributed by atoms with Crippen molar-refractivity contribution < 1.29 is 13.6 Å². The van der Waals surface area contributed by atoms with Crippen LogP contribution in [0.2, 0.25) is 0 Å². The van der Waals surface area contributed by atoms with E-state index in [0.717, 1.165) is 17.3 Å². The molecule has 0 unspecified atom stereocenters. The van der Waals surface area contributed by atoms with Gasteiger partial charge in [-0.15, -0.1) is 0 Å². The largest absolute Gasteiger partial charge is 0.465 e. The molecule has 0 aliphatic heterocycles. The second kappa shape index (κ2) is 6.98. The van der Waals surface area contributed by atoms with Gasteiger partial charge in [0.15, 0.2) is 11.5 Å². The number of rotatable bonds is 6. The lowest BCUT2D eigenvalue weighted by Gasteiger charge is -2.22. The van der Waals surface area contributed by atoms with Gasteiger partial charge in [-0.3, -0.25) is 14.8 Å².